The van der Waals surface area contributed by atoms with Gasteiger partial charge in [-0.25, -0.2) is 4.98 Å². The van der Waals surface area contributed by atoms with Crippen LogP contribution in [0.25, 0.3) is 10.2 Å². The smallest absolute Gasteiger partial charge is 0.278 e. The Bertz CT molecular complexity index is 1200. The van der Waals surface area contributed by atoms with E-state index < -0.39 is 0 Å². The third-order valence-electron chi connectivity index (χ3n) is 4.77. The summed E-state index contributed by atoms with van der Waals surface area (Å²) in [4.78, 5) is 17.5. The first-order valence-corrected chi connectivity index (χ1v) is 10.3. The van der Waals surface area contributed by atoms with E-state index in [1.54, 1.807) is 11.3 Å². The Kier molecular flexibility index (Phi) is 4.96. The first-order chi connectivity index (χ1) is 13.8. The summed E-state index contributed by atoms with van der Waals surface area (Å²) in [6, 6.07) is 7.73. The average Bonchev–Trinajstić information content (AvgIpc) is 3.33. The minimum atomic E-state index is -0.300. The predicted molar refractivity (Wildman–Crippen MR) is 114 cm³/mol. The number of carbonyl (C=O) groups excluding carboxylic acids is 1. The first kappa shape index (κ1) is 19.3. The molecule has 3 aromatic heterocycles. The highest BCUT2D eigenvalue weighted by Gasteiger charge is 2.21. The van der Waals surface area contributed by atoms with Gasteiger partial charge < -0.3 is 9.84 Å². The van der Waals surface area contributed by atoms with Crippen molar-refractivity contribution in [2.24, 2.45) is 0 Å². The Hall–Kier alpha value is -3.00. The quantitative estimate of drug-likeness (QED) is 0.510. The molecule has 0 radical (unpaired) electrons. The average molecular weight is 410 g/mol. The Morgan fingerprint density at radius 1 is 1.24 bits per heavy atom. The molecular formula is C21H23N5O2S. The third-order valence-corrected chi connectivity index (χ3v) is 6.09. The number of anilines is 1. The molecule has 150 valence electrons. The van der Waals surface area contributed by atoms with E-state index in [2.05, 4.69) is 34.4 Å². The monoisotopic (exact) mass is 409 g/mol. The van der Waals surface area contributed by atoms with Gasteiger partial charge in [0.1, 0.15) is 5.76 Å². The molecule has 4 rings (SSSR count). The molecule has 3 heterocycles. The van der Waals surface area contributed by atoms with Crippen molar-refractivity contribution >= 4 is 33.1 Å². The lowest BCUT2D eigenvalue weighted by atomic mass is 10.1. The van der Waals surface area contributed by atoms with Crippen LogP contribution in [0, 0.1) is 20.8 Å². The zero-order valence-corrected chi connectivity index (χ0v) is 17.9. The number of hydrogen-bond donors (Lipinski definition) is 1. The number of benzene rings is 1. The Labute approximate surface area is 172 Å². The Balaban J connectivity index is 1.59. The molecule has 0 unspecified atom stereocenters. The van der Waals surface area contributed by atoms with E-state index in [0.29, 0.717) is 23.9 Å². The van der Waals surface area contributed by atoms with Crippen LogP contribution in [-0.4, -0.2) is 25.8 Å². The van der Waals surface area contributed by atoms with Crippen LogP contribution in [-0.2, 0) is 6.54 Å². The minimum Gasteiger partial charge on any atom is -0.361 e. The van der Waals surface area contributed by atoms with Crippen molar-refractivity contribution in [2.45, 2.75) is 47.1 Å². The number of aromatic nitrogens is 4. The molecule has 0 fully saturated rings. The zero-order chi connectivity index (χ0) is 20.7. The number of nitrogens with zero attached hydrogens (tertiary/aromatic N) is 4. The molecule has 0 saturated heterocycles. The van der Waals surface area contributed by atoms with Crippen molar-refractivity contribution in [3.63, 3.8) is 0 Å². The topological polar surface area (TPSA) is 85.8 Å². The number of thiazole rings is 1. The van der Waals surface area contributed by atoms with E-state index in [-0.39, 0.29) is 11.6 Å². The molecule has 0 saturated carbocycles. The maximum Gasteiger partial charge on any atom is 0.278 e. The fourth-order valence-corrected chi connectivity index (χ4v) is 4.21. The van der Waals surface area contributed by atoms with Crippen molar-refractivity contribution in [1.82, 2.24) is 19.9 Å². The molecule has 4 aromatic rings. The molecule has 0 atom stereocenters. The molecule has 0 aliphatic heterocycles. The molecule has 1 aromatic carbocycles. The Morgan fingerprint density at radius 2 is 2.03 bits per heavy atom. The van der Waals surface area contributed by atoms with Crippen LogP contribution >= 0.6 is 11.3 Å². The molecule has 29 heavy (non-hydrogen) atoms. The molecule has 7 nitrogen and oxygen atoms in total. The zero-order valence-electron chi connectivity index (χ0n) is 17.1. The van der Waals surface area contributed by atoms with Gasteiger partial charge in [0.15, 0.2) is 5.69 Å². The summed E-state index contributed by atoms with van der Waals surface area (Å²) < 4.78 is 8.21. The SMILES string of the molecule is Cc1cc(C)n(Cc2c(C(=O)Nc3ccc4nc(C(C)C)sc4c3)noc2C)n1. The normalized spacial score (nSPS) is 11.5. The van der Waals surface area contributed by atoms with Crippen LogP contribution in [0.3, 0.4) is 0 Å². The van der Waals surface area contributed by atoms with Gasteiger partial charge in [-0.15, -0.1) is 11.3 Å². The van der Waals surface area contributed by atoms with Crippen molar-refractivity contribution in [2.75, 3.05) is 5.32 Å². The molecule has 0 bridgehead atoms. The molecule has 8 heteroatoms. The standard InChI is InChI=1S/C21H23N5O2S/c1-11(2)21-23-17-7-6-15(9-18(17)29-21)22-20(27)19-16(14(5)28-25-19)10-26-13(4)8-12(3)24-26/h6-9,11H,10H2,1-5H3,(H,22,27). The lowest BCUT2D eigenvalue weighted by Crippen LogP contribution is -2.16. The van der Waals surface area contributed by atoms with Gasteiger partial charge in [-0.05, 0) is 45.0 Å². The summed E-state index contributed by atoms with van der Waals surface area (Å²) in [7, 11) is 0. The second-order valence-corrected chi connectivity index (χ2v) is 8.56. The summed E-state index contributed by atoms with van der Waals surface area (Å²) in [6.45, 7) is 10.4. The summed E-state index contributed by atoms with van der Waals surface area (Å²) >= 11 is 1.65. The van der Waals surface area contributed by atoms with E-state index in [9.17, 15) is 4.79 Å². The van der Waals surface area contributed by atoms with E-state index in [1.165, 1.54) is 0 Å². The minimum absolute atomic E-state index is 0.280. The van der Waals surface area contributed by atoms with Gasteiger partial charge >= 0.3 is 0 Å². The number of aryl methyl sites for hydroxylation is 3. The highest BCUT2D eigenvalue weighted by Crippen LogP contribution is 2.29. The lowest BCUT2D eigenvalue weighted by Gasteiger charge is -2.07. The third kappa shape index (κ3) is 3.80. The van der Waals surface area contributed by atoms with Crippen LogP contribution < -0.4 is 5.32 Å². The summed E-state index contributed by atoms with van der Waals surface area (Å²) in [5.74, 6) is 0.689. The van der Waals surface area contributed by atoms with Crippen LogP contribution in [0.5, 0.6) is 0 Å². The molecule has 0 spiro atoms. The maximum atomic E-state index is 12.9. The van der Waals surface area contributed by atoms with Gasteiger partial charge in [0.25, 0.3) is 5.91 Å². The van der Waals surface area contributed by atoms with Gasteiger partial charge in [-0.1, -0.05) is 19.0 Å². The van der Waals surface area contributed by atoms with Crippen LogP contribution in [0.4, 0.5) is 5.69 Å². The predicted octanol–water partition coefficient (Wildman–Crippen LogP) is 4.83. The lowest BCUT2D eigenvalue weighted by molar-refractivity contribution is 0.101. The number of hydrogen-bond acceptors (Lipinski definition) is 6. The number of carbonyl (C=O) groups is 1. The van der Waals surface area contributed by atoms with Gasteiger partial charge in [0.2, 0.25) is 0 Å². The fourth-order valence-electron chi connectivity index (χ4n) is 3.20. The second kappa shape index (κ2) is 7.44. The van der Waals surface area contributed by atoms with Crippen molar-refractivity contribution in [3.8, 4) is 0 Å². The van der Waals surface area contributed by atoms with Gasteiger partial charge in [0, 0.05) is 22.9 Å². The number of nitrogens with one attached hydrogen (secondary N) is 1. The highest BCUT2D eigenvalue weighted by atomic mass is 32.1. The molecule has 0 aliphatic carbocycles. The van der Waals surface area contributed by atoms with Gasteiger partial charge in [-0.2, -0.15) is 5.10 Å². The van der Waals surface area contributed by atoms with E-state index in [1.807, 2.05) is 49.7 Å². The molecular weight excluding hydrogens is 386 g/mol. The number of rotatable bonds is 5. The van der Waals surface area contributed by atoms with Crippen LogP contribution in [0.2, 0.25) is 0 Å². The van der Waals surface area contributed by atoms with Crippen LogP contribution in [0.1, 0.15) is 58.0 Å². The fraction of sp³-hybridized carbons (Fsp3) is 0.333. The summed E-state index contributed by atoms with van der Waals surface area (Å²) in [5, 5.41) is 12.5. The van der Waals surface area contributed by atoms with Gasteiger partial charge in [0.05, 0.1) is 27.5 Å². The molecule has 1 amide bonds. The largest absolute Gasteiger partial charge is 0.361 e. The van der Waals surface area contributed by atoms with Gasteiger partial charge in [-0.3, -0.25) is 9.48 Å². The first-order valence-electron chi connectivity index (χ1n) is 9.50. The van der Waals surface area contributed by atoms with Crippen molar-refractivity contribution in [1.29, 1.82) is 0 Å². The second-order valence-electron chi connectivity index (χ2n) is 7.49. The van der Waals surface area contributed by atoms with Crippen molar-refractivity contribution < 1.29 is 9.32 Å². The number of fused-ring (bicyclic) bond motifs is 1. The Morgan fingerprint density at radius 3 is 2.72 bits per heavy atom. The number of amides is 1. The maximum absolute atomic E-state index is 12.9. The molecule has 1 N–H and O–H groups in total. The van der Waals surface area contributed by atoms with E-state index >= 15 is 0 Å². The van der Waals surface area contributed by atoms with E-state index in [4.69, 9.17) is 4.52 Å². The van der Waals surface area contributed by atoms with E-state index in [0.717, 1.165) is 32.2 Å². The summed E-state index contributed by atoms with van der Waals surface area (Å²) in [5.41, 5.74) is 4.61. The summed E-state index contributed by atoms with van der Waals surface area (Å²) in [6.07, 6.45) is 0. The van der Waals surface area contributed by atoms with Crippen molar-refractivity contribution in [3.05, 3.63) is 57.7 Å². The van der Waals surface area contributed by atoms with Crippen LogP contribution in [0.15, 0.2) is 28.8 Å². The highest BCUT2D eigenvalue weighted by molar-refractivity contribution is 7.18. The molecule has 0 aliphatic rings.